The van der Waals surface area contributed by atoms with Crippen molar-refractivity contribution in [1.29, 1.82) is 0 Å². The lowest BCUT2D eigenvalue weighted by atomic mass is 9.93. The number of fused-ring (bicyclic) bond motifs is 1. The molecule has 3 aromatic rings. The Morgan fingerprint density at radius 3 is 2.37 bits per heavy atom. The maximum atomic E-state index is 12.2. The molecule has 2 fully saturated rings. The van der Waals surface area contributed by atoms with Gasteiger partial charge in [0.2, 0.25) is 0 Å². The Morgan fingerprint density at radius 1 is 0.926 bits per heavy atom. The summed E-state index contributed by atoms with van der Waals surface area (Å²) in [5, 5.41) is 0.614. The molecule has 0 amide bonds. The molecule has 1 aliphatic carbocycles. The highest BCUT2D eigenvalue weighted by atomic mass is 16.1. The zero-order valence-electron chi connectivity index (χ0n) is 15.2. The first-order chi connectivity index (χ1) is 13.3. The van der Waals surface area contributed by atoms with Crippen LogP contribution >= 0.6 is 0 Å². The van der Waals surface area contributed by atoms with Crippen molar-refractivity contribution in [2.24, 2.45) is 0 Å². The predicted octanol–water partition coefficient (Wildman–Crippen LogP) is 2.24. The fourth-order valence-electron chi connectivity index (χ4n) is 3.90. The number of pyridine rings is 2. The molecule has 2 aliphatic rings. The van der Waals surface area contributed by atoms with E-state index >= 15 is 0 Å². The van der Waals surface area contributed by atoms with E-state index in [1.165, 1.54) is 12.1 Å². The van der Waals surface area contributed by atoms with Crippen LogP contribution in [0.1, 0.15) is 25.3 Å². The molecule has 0 spiro atoms. The van der Waals surface area contributed by atoms with E-state index in [1.54, 1.807) is 6.33 Å². The van der Waals surface area contributed by atoms with Crippen LogP contribution in [0.3, 0.4) is 0 Å². The number of hydrogen-bond donors (Lipinski definition) is 0. The SMILES string of the molecule is O=c1ncn(C2CCC2)c2nc(N3CCN(c4ccncc4)CC3)ccc12. The summed E-state index contributed by atoms with van der Waals surface area (Å²) in [6, 6.07) is 8.37. The van der Waals surface area contributed by atoms with Gasteiger partial charge in [-0.25, -0.2) is 4.98 Å². The van der Waals surface area contributed by atoms with Crippen LogP contribution in [-0.4, -0.2) is 45.7 Å². The second-order valence-electron chi connectivity index (χ2n) is 7.26. The monoisotopic (exact) mass is 362 g/mol. The van der Waals surface area contributed by atoms with Crippen molar-refractivity contribution in [3.05, 3.63) is 53.3 Å². The number of rotatable bonds is 3. The summed E-state index contributed by atoms with van der Waals surface area (Å²) >= 11 is 0. The van der Waals surface area contributed by atoms with Gasteiger partial charge in [0.05, 0.1) is 5.39 Å². The van der Waals surface area contributed by atoms with Crippen molar-refractivity contribution in [3.8, 4) is 0 Å². The smallest absolute Gasteiger partial charge is 0.282 e. The zero-order valence-corrected chi connectivity index (χ0v) is 15.2. The number of hydrogen-bond acceptors (Lipinski definition) is 6. The van der Waals surface area contributed by atoms with E-state index < -0.39 is 0 Å². The molecule has 7 nitrogen and oxygen atoms in total. The van der Waals surface area contributed by atoms with Crippen molar-refractivity contribution >= 4 is 22.5 Å². The molecule has 1 saturated carbocycles. The van der Waals surface area contributed by atoms with Gasteiger partial charge < -0.3 is 14.4 Å². The van der Waals surface area contributed by atoms with Gasteiger partial charge in [-0.3, -0.25) is 9.78 Å². The van der Waals surface area contributed by atoms with Crippen molar-refractivity contribution in [2.45, 2.75) is 25.3 Å². The summed E-state index contributed by atoms with van der Waals surface area (Å²) in [5.74, 6) is 0.940. The molecule has 3 aromatic heterocycles. The van der Waals surface area contributed by atoms with Gasteiger partial charge in [-0.15, -0.1) is 0 Å². The minimum absolute atomic E-state index is 0.192. The third kappa shape index (κ3) is 2.93. The highest BCUT2D eigenvalue weighted by Crippen LogP contribution is 2.33. The normalized spacial score (nSPS) is 17.9. The molecule has 0 atom stereocenters. The van der Waals surface area contributed by atoms with E-state index in [0.717, 1.165) is 50.5 Å². The lowest BCUT2D eigenvalue weighted by Crippen LogP contribution is -2.46. The molecule has 27 heavy (non-hydrogen) atoms. The van der Waals surface area contributed by atoms with Crippen LogP contribution in [0.4, 0.5) is 11.5 Å². The Hall–Kier alpha value is -2.96. The molecule has 138 valence electrons. The van der Waals surface area contributed by atoms with Gasteiger partial charge in [0.1, 0.15) is 17.8 Å². The first-order valence-corrected chi connectivity index (χ1v) is 9.57. The first kappa shape index (κ1) is 16.2. The van der Waals surface area contributed by atoms with Gasteiger partial charge in [0.25, 0.3) is 5.56 Å². The summed E-state index contributed by atoms with van der Waals surface area (Å²) < 4.78 is 2.09. The number of piperazine rings is 1. The van der Waals surface area contributed by atoms with Gasteiger partial charge in [0, 0.05) is 50.3 Å². The predicted molar refractivity (Wildman–Crippen MR) is 105 cm³/mol. The maximum Gasteiger partial charge on any atom is 0.282 e. The van der Waals surface area contributed by atoms with Crippen LogP contribution in [0, 0.1) is 0 Å². The molecule has 4 heterocycles. The second kappa shape index (κ2) is 6.64. The van der Waals surface area contributed by atoms with E-state index in [1.807, 2.05) is 36.7 Å². The Labute approximate surface area is 157 Å². The number of aromatic nitrogens is 4. The van der Waals surface area contributed by atoms with Crippen LogP contribution in [-0.2, 0) is 0 Å². The third-order valence-corrected chi connectivity index (χ3v) is 5.73. The first-order valence-electron chi connectivity index (χ1n) is 9.57. The molecule has 0 unspecified atom stereocenters. The van der Waals surface area contributed by atoms with Gasteiger partial charge in [-0.05, 0) is 43.5 Å². The summed E-state index contributed by atoms with van der Waals surface area (Å²) in [5.41, 5.74) is 1.79. The molecule has 1 aliphatic heterocycles. The minimum Gasteiger partial charge on any atom is -0.368 e. The second-order valence-corrected chi connectivity index (χ2v) is 7.26. The van der Waals surface area contributed by atoms with E-state index in [2.05, 4.69) is 24.3 Å². The van der Waals surface area contributed by atoms with Gasteiger partial charge in [-0.2, -0.15) is 4.98 Å². The topological polar surface area (TPSA) is 67.2 Å². The van der Waals surface area contributed by atoms with Gasteiger partial charge in [0.15, 0.2) is 0 Å². The summed E-state index contributed by atoms with van der Waals surface area (Å²) in [4.78, 5) is 29.8. The van der Waals surface area contributed by atoms with E-state index in [0.29, 0.717) is 11.4 Å². The third-order valence-electron chi connectivity index (χ3n) is 5.73. The standard InChI is InChI=1S/C20H22N6O/c27-20-17-4-5-18(23-19(17)26(14-22-20)16-2-1-3-16)25-12-10-24(11-13-25)15-6-8-21-9-7-15/h4-9,14,16H,1-3,10-13H2. The number of anilines is 2. The lowest BCUT2D eigenvalue weighted by molar-refractivity contribution is 0.316. The summed E-state index contributed by atoms with van der Waals surface area (Å²) in [7, 11) is 0. The van der Waals surface area contributed by atoms with Crippen LogP contribution in [0.25, 0.3) is 11.0 Å². The maximum absolute atomic E-state index is 12.2. The van der Waals surface area contributed by atoms with Crippen LogP contribution in [0.15, 0.2) is 47.8 Å². The van der Waals surface area contributed by atoms with Crippen LogP contribution in [0.5, 0.6) is 0 Å². The molecule has 0 bridgehead atoms. The summed E-state index contributed by atoms with van der Waals surface area (Å²) in [6.07, 6.45) is 8.84. The Morgan fingerprint density at radius 2 is 1.67 bits per heavy atom. The van der Waals surface area contributed by atoms with Crippen LogP contribution < -0.4 is 15.4 Å². The van der Waals surface area contributed by atoms with E-state index in [9.17, 15) is 4.79 Å². The van der Waals surface area contributed by atoms with Crippen molar-refractivity contribution < 1.29 is 0 Å². The average molecular weight is 362 g/mol. The van der Waals surface area contributed by atoms with Crippen molar-refractivity contribution in [2.75, 3.05) is 36.0 Å². The Balaban J connectivity index is 1.42. The Bertz CT molecular complexity index is 1010. The van der Waals surface area contributed by atoms with Crippen molar-refractivity contribution in [3.63, 3.8) is 0 Å². The fourth-order valence-corrected chi connectivity index (χ4v) is 3.90. The number of nitrogens with zero attached hydrogens (tertiary/aromatic N) is 6. The molecule has 7 heteroatoms. The quantitative estimate of drug-likeness (QED) is 0.712. The highest BCUT2D eigenvalue weighted by molar-refractivity contribution is 5.76. The lowest BCUT2D eigenvalue weighted by Gasteiger charge is -2.37. The van der Waals surface area contributed by atoms with E-state index in [-0.39, 0.29) is 5.56 Å². The average Bonchev–Trinajstić information content (AvgIpc) is 2.69. The van der Waals surface area contributed by atoms with Crippen LogP contribution in [0.2, 0.25) is 0 Å². The zero-order chi connectivity index (χ0) is 18.2. The largest absolute Gasteiger partial charge is 0.368 e. The molecule has 0 radical (unpaired) electrons. The summed E-state index contributed by atoms with van der Waals surface area (Å²) in [6.45, 7) is 3.68. The highest BCUT2D eigenvalue weighted by Gasteiger charge is 2.23. The van der Waals surface area contributed by atoms with Gasteiger partial charge in [-0.1, -0.05) is 0 Å². The molecule has 5 rings (SSSR count). The fraction of sp³-hybridized carbons (Fsp3) is 0.400. The minimum atomic E-state index is -0.192. The molecular weight excluding hydrogens is 340 g/mol. The Kier molecular flexibility index (Phi) is 3.99. The molecule has 0 N–H and O–H groups in total. The molecular formula is C20H22N6O. The van der Waals surface area contributed by atoms with Crippen molar-refractivity contribution in [1.82, 2.24) is 19.5 Å². The molecule has 1 saturated heterocycles. The van der Waals surface area contributed by atoms with Gasteiger partial charge >= 0.3 is 0 Å². The van der Waals surface area contributed by atoms with E-state index in [4.69, 9.17) is 4.98 Å². The molecule has 0 aromatic carbocycles.